The molecule has 0 heterocycles. The summed E-state index contributed by atoms with van der Waals surface area (Å²) in [5.41, 5.74) is 2.55. The molecular weight excluding hydrogens is 388 g/mol. The fourth-order valence-electron chi connectivity index (χ4n) is 2.68. The zero-order chi connectivity index (χ0) is 20.4. The normalized spacial score (nSPS) is 12.4. The number of rotatable bonds is 6. The molecule has 0 fully saturated rings. The number of aryl methyl sites for hydroxylation is 2. The number of hydrogen-bond acceptors (Lipinski definition) is 4. The van der Waals surface area contributed by atoms with Crippen molar-refractivity contribution in [3.05, 3.63) is 52.5 Å². The number of carbonyl (C=O) groups excluding carboxylic acids is 1. The summed E-state index contributed by atoms with van der Waals surface area (Å²) in [6, 6.07) is 9.23. The molecule has 2 aromatic rings. The molecule has 2 aromatic carbocycles. The number of anilines is 2. The van der Waals surface area contributed by atoms with Gasteiger partial charge >= 0.3 is 0 Å². The van der Waals surface area contributed by atoms with Crippen molar-refractivity contribution in [2.75, 3.05) is 23.0 Å². The molecule has 146 valence electrons. The van der Waals surface area contributed by atoms with Gasteiger partial charge in [-0.25, -0.2) is 8.42 Å². The van der Waals surface area contributed by atoms with E-state index in [9.17, 15) is 13.2 Å². The van der Waals surface area contributed by atoms with E-state index in [0.29, 0.717) is 22.1 Å². The van der Waals surface area contributed by atoms with E-state index in [1.165, 1.54) is 20.1 Å². The number of halogens is 1. The number of sulfonamides is 1. The van der Waals surface area contributed by atoms with Crippen molar-refractivity contribution in [2.45, 2.75) is 26.8 Å². The van der Waals surface area contributed by atoms with Crippen molar-refractivity contribution in [2.24, 2.45) is 0 Å². The van der Waals surface area contributed by atoms with Crippen LogP contribution in [0.5, 0.6) is 5.75 Å². The maximum Gasteiger partial charge on any atom is 0.248 e. The first-order chi connectivity index (χ1) is 12.5. The number of nitrogens with one attached hydrogen (secondary N) is 1. The van der Waals surface area contributed by atoms with Crippen molar-refractivity contribution < 1.29 is 17.9 Å². The topological polar surface area (TPSA) is 75.7 Å². The van der Waals surface area contributed by atoms with Gasteiger partial charge in [-0.15, -0.1) is 0 Å². The Balaban J connectivity index is 2.38. The number of amides is 1. The third-order valence-corrected chi connectivity index (χ3v) is 5.76. The van der Waals surface area contributed by atoms with Crippen LogP contribution in [0.4, 0.5) is 11.4 Å². The first-order valence-electron chi connectivity index (χ1n) is 8.25. The van der Waals surface area contributed by atoms with Gasteiger partial charge in [0.15, 0.2) is 0 Å². The molecular formula is C19H23ClN2O4S. The summed E-state index contributed by atoms with van der Waals surface area (Å²) < 4.78 is 31.1. The lowest BCUT2D eigenvalue weighted by atomic mass is 10.2. The standard InChI is InChI=1S/C19H23ClN2O4S/c1-12-6-9-18(26-4)17(10-12)21-19(23)14(3)22(27(5,24)25)15-8-7-13(2)16(20)11-15/h6-11,14H,1-5H3,(H,21,23)/t14-/m0/s1. The second-order valence-corrected chi connectivity index (χ2v) is 8.63. The lowest BCUT2D eigenvalue weighted by Gasteiger charge is -2.28. The average Bonchev–Trinajstić information content (AvgIpc) is 2.57. The molecule has 0 radical (unpaired) electrons. The van der Waals surface area contributed by atoms with Crippen LogP contribution in [0.15, 0.2) is 36.4 Å². The van der Waals surface area contributed by atoms with E-state index in [0.717, 1.165) is 21.7 Å². The lowest BCUT2D eigenvalue weighted by Crippen LogP contribution is -2.45. The minimum atomic E-state index is -3.73. The van der Waals surface area contributed by atoms with Crippen LogP contribution < -0.4 is 14.4 Å². The first kappa shape index (κ1) is 21.1. The van der Waals surface area contributed by atoms with Gasteiger partial charge in [0, 0.05) is 5.02 Å². The molecule has 6 nitrogen and oxygen atoms in total. The van der Waals surface area contributed by atoms with Crippen LogP contribution in [0.2, 0.25) is 5.02 Å². The molecule has 0 saturated heterocycles. The summed E-state index contributed by atoms with van der Waals surface area (Å²) in [6.45, 7) is 5.22. The summed E-state index contributed by atoms with van der Waals surface area (Å²) >= 11 is 6.14. The fourth-order valence-corrected chi connectivity index (χ4v) is 4.03. The predicted octanol–water partition coefficient (Wildman–Crippen LogP) is 3.76. The van der Waals surface area contributed by atoms with Crippen molar-refractivity contribution in [3.8, 4) is 5.75 Å². The highest BCUT2D eigenvalue weighted by molar-refractivity contribution is 7.92. The maximum absolute atomic E-state index is 12.8. The fraction of sp³-hybridized carbons (Fsp3) is 0.316. The summed E-state index contributed by atoms with van der Waals surface area (Å²) in [6.07, 6.45) is 1.05. The Morgan fingerprint density at radius 1 is 1.19 bits per heavy atom. The molecule has 27 heavy (non-hydrogen) atoms. The molecule has 0 spiro atoms. The Bertz CT molecular complexity index is 960. The Morgan fingerprint density at radius 3 is 2.41 bits per heavy atom. The van der Waals surface area contributed by atoms with E-state index < -0.39 is 22.0 Å². The molecule has 0 saturated carbocycles. The van der Waals surface area contributed by atoms with E-state index >= 15 is 0 Å². The number of benzene rings is 2. The van der Waals surface area contributed by atoms with Crippen LogP contribution in [-0.2, 0) is 14.8 Å². The van der Waals surface area contributed by atoms with Crippen LogP contribution in [0.3, 0.4) is 0 Å². The highest BCUT2D eigenvalue weighted by Gasteiger charge is 2.30. The highest BCUT2D eigenvalue weighted by atomic mass is 35.5. The number of hydrogen-bond donors (Lipinski definition) is 1. The number of nitrogens with zero attached hydrogens (tertiary/aromatic N) is 1. The Hall–Kier alpha value is -2.25. The second kappa shape index (κ2) is 8.19. The summed E-state index contributed by atoms with van der Waals surface area (Å²) in [5.74, 6) is 0.00598. The first-order valence-corrected chi connectivity index (χ1v) is 10.5. The van der Waals surface area contributed by atoms with Gasteiger partial charge in [-0.1, -0.05) is 23.7 Å². The van der Waals surface area contributed by atoms with Crippen LogP contribution in [0, 0.1) is 13.8 Å². The monoisotopic (exact) mass is 410 g/mol. The molecule has 0 unspecified atom stereocenters. The van der Waals surface area contributed by atoms with E-state index in [2.05, 4.69) is 5.32 Å². The molecule has 1 atom stereocenters. The lowest BCUT2D eigenvalue weighted by molar-refractivity contribution is -0.116. The van der Waals surface area contributed by atoms with Gasteiger partial charge < -0.3 is 10.1 Å². The zero-order valence-corrected chi connectivity index (χ0v) is 17.5. The van der Waals surface area contributed by atoms with Gasteiger partial charge in [0.05, 0.1) is 24.7 Å². The zero-order valence-electron chi connectivity index (χ0n) is 15.9. The SMILES string of the molecule is COc1ccc(C)cc1NC(=O)[C@H](C)N(c1ccc(C)c(Cl)c1)S(C)(=O)=O. The molecule has 0 bridgehead atoms. The van der Waals surface area contributed by atoms with E-state index in [-0.39, 0.29) is 0 Å². The van der Waals surface area contributed by atoms with Gasteiger partial charge in [0.1, 0.15) is 11.8 Å². The highest BCUT2D eigenvalue weighted by Crippen LogP contribution is 2.29. The van der Waals surface area contributed by atoms with Crippen LogP contribution >= 0.6 is 11.6 Å². The minimum absolute atomic E-state index is 0.326. The van der Waals surface area contributed by atoms with Crippen molar-refractivity contribution in [1.82, 2.24) is 0 Å². The van der Waals surface area contributed by atoms with E-state index in [4.69, 9.17) is 16.3 Å². The average molecular weight is 411 g/mol. The molecule has 2 rings (SSSR count). The van der Waals surface area contributed by atoms with Gasteiger partial charge in [-0.05, 0) is 56.2 Å². The second-order valence-electron chi connectivity index (χ2n) is 6.36. The number of methoxy groups -OCH3 is 1. The molecule has 0 aromatic heterocycles. The number of ether oxygens (including phenoxy) is 1. The molecule has 8 heteroatoms. The Labute approximate surface area is 165 Å². The van der Waals surface area contributed by atoms with Crippen molar-refractivity contribution >= 4 is 38.9 Å². The molecule has 1 N–H and O–H groups in total. The van der Waals surface area contributed by atoms with Crippen LogP contribution in [-0.4, -0.2) is 33.7 Å². The summed E-state index contributed by atoms with van der Waals surface area (Å²) in [7, 11) is -2.22. The largest absolute Gasteiger partial charge is 0.495 e. The molecule has 0 aliphatic carbocycles. The van der Waals surface area contributed by atoms with Gasteiger partial charge in [0.25, 0.3) is 0 Å². The third-order valence-electron chi connectivity index (χ3n) is 4.11. The molecule has 0 aliphatic heterocycles. The quantitative estimate of drug-likeness (QED) is 0.786. The predicted molar refractivity (Wildman–Crippen MR) is 109 cm³/mol. The van der Waals surface area contributed by atoms with Gasteiger partial charge in [0.2, 0.25) is 15.9 Å². The van der Waals surface area contributed by atoms with Crippen molar-refractivity contribution in [1.29, 1.82) is 0 Å². The van der Waals surface area contributed by atoms with E-state index in [1.54, 1.807) is 24.3 Å². The van der Waals surface area contributed by atoms with E-state index in [1.807, 2.05) is 19.9 Å². The Morgan fingerprint density at radius 2 is 1.85 bits per heavy atom. The maximum atomic E-state index is 12.8. The smallest absolute Gasteiger partial charge is 0.248 e. The number of carbonyl (C=O) groups is 1. The minimum Gasteiger partial charge on any atom is -0.495 e. The molecule has 0 aliphatic rings. The van der Waals surface area contributed by atoms with Crippen molar-refractivity contribution in [3.63, 3.8) is 0 Å². The summed E-state index contributed by atoms with van der Waals surface area (Å²) in [5, 5.41) is 3.17. The Kier molecular flexibility index (Phi) is 6.38. The van der Waals surface area contributed by atoms with Gasteiger partial charge in [-0.2, -0.15) is 0 Å². The molecule has 1 amide bonds. The van der Waals surface area contributed by atoms with Crippen LogP contribution in [0.1, 0.15) is 18.1 Å². The summed E-state index contributed by atoms with van der Waals surface area (Å²) in [4.78, 5) is 12.8. The van der Waals surface area contributed by atoms with Crippen LogP contribution in [0.25, 0.3) is 0 Å². The van der Waals surface area contributed by atoms with Gasteiger partial charge in [-0.3, -0.25) is 9.10 Å². The third kappa shape index (κ3) is 4.93.